The summed E-state index contributed by atoms with van der Waals surface area (Å²) >= 11 is 1.57. The molecule has 10 nitrogen and oxygen atoms in total. The Bertz CT molecular complexity index is 1300. The number of rotatable bonds is 9. The molecule has 6 rings (SSSR count). The minimum Gasteiger partial charge on any atom is -0.494 e. The van der Waals surface area contributed by atoms with E-state index in [9.17, 15) is 19.5 Å². The molecule has 0 radical (unpaired) electrons. The summed E-state index contributed by atoms with van der Waals surface area (Å²) in [4.78, 5) is 51.3. The average molecular weight is 625 g/mol. The molecule has 6 atom stereocenters. The van der Waals surface area contributed by atoms with Crippen LogP contribution in [0.3, 0.4) is 0 Å². The van der Waals surface area contributed by atoms with Gasteiger partial charge in [-0.2, -0.15) is 0 Å². The van der Waals surface area contributed by atoms with Crippen molar-refractivity contribution < 1.29 is 29.0 Å². The molecule has 1 unspecified atom stereocenters. The average Bonchev–Trinajstić information content (AvgIpc) is 3.34. The Morgan fingerprint density at radius 2 is 1.77 bits per heavy atom. The molecule has 5 aliphatic heterocycles. The summed E-state index contributed by atoms with van der Waals surface area (Å²) in [5, 5.41) is 10.3. The number of morpholine rings is 1. The van der Waals surface area contributed by atoms with Crippen molar-refractivity contribution in [2.24, 2.45) is 17.8 Å². The summed E-state index contributed by atoms with van der Waals surface area (Å²) in [6.07, 6.45) is 8.11. The Balaban J connectivity index is 1.35. The zero-order chi connectivity index (χ0) is 31.0. The quantitative estimate of drug-likeness (QED) is 0.417. The maximum Gasteiger partial charge on any atom is 0.247 e. The van der Waals surface area contributed by atoms with Crippen LogP contribution in [0.15, 0.2) is 48.6 Å². The zero-order valence-corrected chi connectivity index (χ0v) is 26.7. The number of thioether (sulfide) groups is 1. The van der Waals surface area contributed by atoms with E-state index in [1.165, 1.54) is 0 Å². The Hall–Kier alpha value is -2.86. The van der Waals surface area contributed by atoms with E-state index in [2.05, 4.69) is 11.0 Å². The van der Waals surface area contributed by atoms with Gasteiger partial charge in [-0.15, -0.1) is 11.8 Å². The lowest BCUT2D eigenvalue weighted by atomic mass is 9.78. The van der Waals surface area contributed by atoms with E-state index in [0.717, 1.165) is 31.1 Å². The Morgan fingerprint density at radius 1 is 1.02 bits per heavy atom. The lowest BCUT2D eigenvalue weighted by Gasteiger charge is -2.40. The molecule has 0 aromatic heterocycles. The van der Waals surface area contributed by atoms with Crippen molar-refractivity contribution in [1.29, 1.82) is 0 Å². The minimum atomic E-state index is -0.915. The summed E-state index contributed by atoms with van der Waals surface area (Å²) in [7, 11) is 0. The van der Waals surface area contributed by atoms with Crippen LogP contribution in [-0.2, 0) is 19.1 Å². The molecule has 3 fully saturated rings. The number of amides is 3. The highest BCUT2D eigenvalue weighted by atomic mass is 32.2. The number of aliphatic hydroxyl groups is 1. The molecule has 1 N–H and O–H groups in total. The molecular formula is C33H44N4O6S. The van der Waals surface area contributed by atoms with Crippen LogP contribution < -0.4 is 9.64 Å². The van der Waals surface area contributed by atoms with Crippen LogP contribution in [0.1, 0.15) is 20.8 Å². The summed E-state index contributed by atoms with van der Waals surface area (Å²) in [6, 6.07) is 6.12. The first-order valence-corrected chi connectivity index (χ1v) is 16.8. The first-order chi connectivity index (χ1) is 21.3. The molecule has 44 heavy (non-hydrogen) atoms. The Morgan fingerprint density at radius 3 is 2.45 bits per heavy atom. The van der Waals surface area contributed by atoms with Crippen LogP contribution in [0.4, 0.5) is 5.69 Å². The minimum absolute atomic E-state index is 0.0764. The van der Waals surface area contributed by atoms with Crippen molar-refractivity contribution in [1.82, 2.24) is 14.7 Å². The highest BCUT2D eigenvalue weighted by Crippen LogP contribution is 2.61. The first kappa shape index (κ1) is 31.1. The molecule has 0 saturated carbocycles. The van der Waals surface area contributed by atoms with Crippen molar-refractivity contribution in [2.75, 3.05) is 70.6 Å². The summed E-state index contributed by atoms with van der Waals surface area (Å²) in [5.74, 6) is -1.16. The number of carbonyl (C=O) groups excluding carboxylic acids is 3. The third-order valence-electron chi connectivity index (χ3n) is 9.74. The van der Waals surface area contributed by atoms with Gasteiger partial charge in [-0.3, -0.25) is 19.3 Å². The highest BCUT2D eigenvalue weighted by Gasteiger charge is 2.71. The molecule has 1 spiro atoms. The number of hydrogen-bond acceptors (Lipinski definition) is 8. The maximum atomic E-state index is 14.7. The lowest BCUT2D eigenvalue weighted by molar-refractivity contribution is -0.146. The molecule has 0 aliphatic carbocycles. The van der Waals surface area contributed by atoms with Crippen molar-refractivity contribution >= 4 is 35.2 Å². The molecule has 238 valence electrons. The Labute approximate surface area is 264 Å². The molecule has 0 bridgehead atoms. The van der Waals surface area contributed by atoms with Gasteiger partial charge in [0, 0.05) is 50.2 Å². The number of aliphatic hydroxyl groups excluding tert-OH is 1. The van der Waals surface area contributed by atoms with Crippen LogP contribution in [0, 0.1) is 17.8 Å². The molecular weight excluding hydrogens is 580 g/mol. The molecule has 3 amide bonds. The van der Waals surface area contributed by atoms with E-state index in [4.69, 9.17) is 9.47 Å². The van der Waals surface area contributed by atoms with E-state index in [0.29, 0.717) is 39.5 Å². The largest absolute Gasteiger partial charge is 0.494 e. The fourth-order valence-corrected chi connectivity index (χ4v) is 9.50. The highest BCUT2D eigenvalue weighted by molar-refractivity contribution is 8.02. The van der Waals surface area contributed by atoms with Gasteiger partial charge in [0.15, 0.2) is 0 Å². The first-order valence-electron chi connectivity index (χ1n) is 15.9. The predicted molar refractivity (Wildman–Crippen MR) is 170 cm³/mol. The number of hydrogen-bond donors (Lipinski definition) is 1. The second-order valence-electron chi connectivity index (χ2n) is 12.5. The number of anilines is 1. The van der Waals surface area contributed by atoms with Crippen molar-refractivity contribution in [3.05, 3.63) is 48.6 Å². The topological polar surface area (TPSA) is 103 Å². The van der Waals surface area contributed by atoms with Crippen molar-refractivity contribution in [3.8, 4) is 5.75 Å². The number of ether oxygens (including phenoxy) is 2. The summed E-state index contributed by atoms with van der Waals surface area (Å²) in [5.41, 5.74) is 0.741. The zero-order valence-electron chi connectivity index (χ0n) is 25.8. The SMILES string of the molecule is CCOc1ccc(N2CC=C[C@H]3S[C@]45C=CCN(CCN6CCOCC6)C(=O)C4N([C@@H](CO)C(C)C)C(=O)[C@@H]5[C@H]3C2=O)cc1. The van der Waals surface area contributed by atoms with Crippen LogP contribution in [0.5, 0.6) is 5.75 Å². The standard InChI is InChI=1S/C33H44N4O6S/c1-4-43-24-10-8-23(9-11-24)36-14-5-7-26-27(30(36)39)28-31(40)37(25(21-38)22(2)3)29-32(41)35(13-6-12-33(28,29)44-26)16-15-34-17-19-42-20-18-34/h5-12,22,25-29,38H,4,13-21H2,1-3H3/t25-,26+,27-,28-,29?,33-/m0/s1. The van der Waals surface area contributed by atoms with Gasteiger partial charge in [0.2, 0.25) is 17.7 Å². The normalized spacial score (nSPS) is 31.2. The summed E-state index contributed by atoms with van der Waals surface area (Å²) < 4.78 is 10.2. The van der Waals surface area contributed by atoms with Gasteiger partial charge in [0.05, 0.1) is 49.1 Å². The molecule has 3 saturated heterocycles. The lowest BCUT2D eigenvalue weighted by Crippen LogP contribution is -2.58. The number of fused-ring (bicyclic) bond motifs is 2. The fourth-order valence-electron chi connectivity index (χ4n) is 7.51. The molecule has 1 aromatic carbocycles. The maximum absolute atomic E-state index is 14.7. The fraction of sp³-hybridized carbons (Fsp3) is 0.606. The number of carbonyl (C=O) groups is 3. The number of benzene rings is 1. The van der Waals surface area contributed by atoms with Gasteiger partial charge in [-0.1, -0.05) is 38.2 Å². The summed E-state index contributed by atoms with van der Waals surface area (Å²) in [6.45, 7) is 11.3. The van der Waals surface area contributed by atoms with Gasteiger partial charge in [0.1, 0.15) is 11.8 Å². The van der Waals surface area contributed by atoms with E-state index in [-0.39, 0.29) is 35.5 Å². The molecule has 1 aromatic rings. The monoisotopic (exact) mass is 624 g/mol. The van der Waals surface area contributed by atoms with Gasteiger partial charge in [-0.25, -0.2) is 0 Å². The second-order valence-corrected chi connectivity index (χ2v) is 14.0. The van der Waals surface area contributed by atoms with E-state index in [1.54, 1.807) is 21.6 Å². The van der Waals surface area contributed by atoms with E-state index in [1.807, 2.05) is 68.2 Å². The van der Waals surface area contributed by atoms with E-state index < -0.39 is 28.7 Å². The van der Waals surface area contributed by atoms with Crippen molar-refractivity contribution in [3.63, 3.8) is 0 Å². The smallest absolute Gasteiger partial charge is 0.247 e. The number of nitrogens with zero attached hydrogens (tertiary/aromatic N) is 4. The van der Waals surface area contributed by atoms with Crippen LogP contribution in [0.2, 0.25) is 0 Å². The third-order valence-corrected chi connectivity index (χ3v) is 11.5. The van der Waals surface area contributed by atoms with Gasteiger partial charge in [0.25, 0.3) is 0 Å². The van der Waals surface area contributed by atoms with Crippen molar-refractivity contribution in [2.45, 2.75) is 42.9 Å². The van der Waals surface area contributed by atoms with Gasteiger partial charge >= 0.3 is 0 Å². The Kier molecular flexibility index (Phi) is 9.10. The molecule has 5 heterocycles. The second kappa shape index (κ2) is 12.9. The van der Waals surface area contributed by atoms with Gasteiger partial charge < -0.3 is 29.3 Å². The number of likely N-dealkylation sites (tertiary alicyclic amines) is 1. The molecule has 11 heteroatoms. The molecule has 5 aliphatic rings. The van der Waals surface area contributed by atoms with Crippen LogP contribution in [-0.4, -0.2) is 125 Å². The van der Waals surface area contributed by atoms with Crippen LogP contribution in [0.25, 0.3) is 0 Å². The van der Waals surface area contributed by atoms with E-state index >= 15 is 0 Å². The van der Waals surface area contributed by atoms with Gasteiger partial charge in [-0.05, 0) is 37.1 Å². The third kappa shape index (κ3) is 5.35. The van der Waals surface area contributed by atoms with Crippen LogP contribution >= 0.6 is 11.8 Å². The predicted octanol–water partition coefficient (Wildman–Crippen LogP) is 2.03.